The van der Waals surface area contributed by atoms with E-state index >= 15 is 0 Å². The van der Waals surface area contributed by atoms with Crippen LogP contribution < -0.4 is 19.7 Å². The number of benzene rings is 3. The summed E-state index contributed by atoms with van der Waals surface area (Å²) < 4.78 is 24.2. The number of ether oxygens (including phenoxy) is 2. The number of anilines is 1. The smallest absolute Gasteiger partial charge is 0.335 e. The van der Waals surface area contributed by atoms with Gasteiger partial charge in [-0.3, -0.25) is 14.9 Å². The normalized spacial score (nSPS) is 14.9. The molecule has 7 nitrogen and oxygen atoms in total. The number of rotatable bonds is 6. The van der Waals surface area contributed by atoms with Crippen LogP contribution in [0.2, 0.25) is 0 Å². The van der Waals surface area contributed by atoms with Crippen molar-refractivity contribution in [3.63, 3.8) is 0 Å². The van der Waals surface area contributed by atoms with Crippen LogP contribution in [0.4, 0.5) is 14.9 Å². The summed E-state index contributed by atoms with van der Waals surface area (Å²) in [6.07, 6.45) is 1.39. The van der Waals surface area contributed by atoms with Crippen LogP contribution in [0, 0.1) is 12.7 Å². The molecular formula is C26H21FN2O5. The van der Waals surface area contributed by atoms with Crippen molar-refractivity contribution < 1.29 is 28.2 Å². The van der Waals surface area contributed by atoms with Gasteiger partial charge < -0.3 is 9.47 Å². The number of nitrogens with one attached hydrogen (secondary N) is 1. The Balaban J connectivity index is 1.58. The molecular weight excluding hydrogens is 439 g/mol. The van der Waals surface area contributed by atoms with Crippen LogP contribution in [0.3, 0.4) is 0 Å². The Morgan fingerprint density at radius 3 is 2.32 bits per heavy atom. The van der Waals surface area contributed by atoms with Gasteiger partial charge in [-0.25, -0.2) is 14.1 Å². The SMILES string of the molecule is COc1cc(/C=C2/C(=O)NC(=O)N(c3ccc(C)cc3)C2=O)ccc1OCc1ccc(F)cc1. The molecule has 3 aromatic carbocycles. The Morgan fingerprint density at radius 1 is 0.941 bits per heavy atom. The van der Waals surface area contributed by atoms with Crippen molar-refractivity contribution >= 4 is 29.6 Å². The van der Waals surface area contributed by atoms with E-state index < -0.39 is 17.8 Å². The minimum absolute atomic E-state index is 0.192. The Hall–Kier alpha value is -4.46. The third-order valence-electron chi connectivity index (χ3n) is 5.20. The Bertz CT molecular complexity index is 1280. The largest absolute Gasteiger partial charge is 0.493 e. The topological polar surface area (TPSA) is 84.9 Å². The number of methoxy groups -OCH3 is 1. The van der Waals surface area contributed by atoms with E-state index in [2.05, 4.69) is 5.32 Å². The van der Waals surface area contributed by atoms with Gasteiger partial charge in [0.1, 0.15) is 18.0 Å². The lowest BCUT2D eigenvalue weighted by molar-refractivity contribution is -0.122. The van der Waals surface area contributed by atoms with Crippen molar-refractivity contribution in [3.8, 4) is 11.5 Å². The molecule has 0 aromatic heterocycles. The van der Waals surface area contributed by atoms with Gasteiger partial charge in [0.05, 0.1) is 12.8 Å². The zero-order chi connectivity index (χ0) is 24.2. The van der Waals surface area contributed by atoms with Crippen LogP contribution in [0.25, 0.3) is 6.08 Å². The fourth-order valence-electron chi connectivity index (χ4n) is 3.39. The summed E-state index contributed by atoms with van der Waals surface area (Å²) in [5, 5.41) is 2.20. The number of halogens is 1. The number of carbonyl (C=O) groups excluding carboxylic acids is 3. The number of hydrogen-bond donors (Lipinski definition) is 1. The average molecular weight is 460 g/mol. The van der Waals surface area contributed by atoms with Crippen molar-refractivity contribution in [3.05, 3.63) is 94.8 Å². The van der Waals surface area contributed by atoms with Crippen LogP contribution >= 0.6 is 0 Å². The van der Waals surface area contributed by atoms with Crippen LogP contribution in [-0.2, 0) is 16.2 Å². The zero-order valence-corrected chi connectivity index (χ0v) is 18.5. The summed E-state index contributed by atoms with van der Waals surface area (Å²) in [5.74, 6) is -1.03. The van der Waals surface area contributed by atoms with Gasteiger partial charge in [-0.2, -0.15) is 0 Å². The second kappa shape index (κ2) is 9.58. The first-order valence-corrected chi connectivity index (χ1v) is 10.4. The van der Waals surface area contributed by atoms with Crippen molar-refractivity contribution in [2.24, 2.45) is 0 Å². The van der Waals surface area contributed by atoms with Gasteiger partial charge in [0.2, 0.25) is 0 Å². The molecule has 0 unspecified atom stereocenters. The van der Waals surface area contributed by atoms with E-state index in [-0.39, 0.29) is 18.0 Å². The first kappa shape index (κ1) is 22.7. The fraction of sp³-hybridized carbons (Fsp3) is 0.115. The maximum atomic E-state index is 13.1. The second-order valence-electron chi connectivity index (χ2n) is 7.62. The Morgan fingerprint density at radius 2 is 1.65 bits per heavy atom. The number of nitrogens with zero attached hydrogens (tertiary/aromatic N) is 1. The third kappa shape index (κ3) is 4.80. The molecule has 0 aliphatic carbocycles. The highest BCUT2D eigenvalue weighted by atomic mass is 19.1. The van der Waals surface area contributed by atoms with Crippen molar-refractivity contribution in [1.82, 2.24) is 5.32 Å². The van der Waals surface area contributed by atoms with E-state index in [0.29, 0.717) is 22.7 Å². The molecule has 0 atom stereocenters. The number of carbonyl (C=O) groups is 3. The maximum Gasteiger partial charge on any atom is 0.335 e. The quantitative estimate of drug-likeness (QED) is 0.436. The Kier molecular flexibility index (Phi) is 6.40. The van der Waals surface area contributed by atoms with Gasteiger partial charge in [-0.15, -0.1) is 0 Å². The van der Waals surface area contributed by atoms with Gasteiger partial charge in [0.25, 0.3) is 11.8 Å². The number of hydrogen-bond acceptors (Lipinski definition) is 5. The first-order valence-electron chi connectivity index (χ1n) is 10.4. The molecule has 8 heteroatoms. The number of amides is 4. The molecule has 1 aliphatic rings. The predicted molar refractivity (Wildman–Crippen MR) is 124 cm³/mol. The highest BCUT2D eigenvalue weighted by molar-refractivity contribution is 6.39. The predicted octanol–water partition coefficient (Wildman–Crippen LogP) is 4.39. The molecule has 3 aromatic rings. The van der Waals surface area contributed by atoms with E-state index in [1.165, 1.54) is 25.3 Å². The summed E-state index contributed by atoms with van der Waals surface area (Å²) in [7, 11) is 1.47. The molecule has 0 radical (unpaired) electrons. The standard InChI is InChI=1S/C26H21FN2O5/c1-16-3-10-20(11-4-16)29-25(31)21(24(30)28-26(29)32)13-18-7-12-22(23(14-18)33-2)34-15-17-5-8-19(27)9-6-17/h3-14H,15H2,1-2H3,(H,28,30,32)/b21-13-. The maximum absolute atomic E-state index is 13.1. The molecule has 4 rings (SSSR count). The minimum atomic E-state index is -0.807. The molecule has 0 bridgehead atoms. The monoisotopic (exact) mass is 460 g/mol. The Labute approximate surface area is 195 Å². The van der Waals surface area contributed by atoms with Gasteiger partial charge >= 0.3 is 6.03 Å². The summed E-state index contributed by atoms with van der Waals surface area (Å²) in [6.45, 7) is 2.09. The third-order valence-corrected chi connectivity index (χ3v) is 5.20. The number of imide groups is 2. The lowest BCUT2D eigenvalue weighted by Gasteiger charge is -2.26. The van der Waals surface area contributed by atoms with Gasteiger partial charge in [-0.05, 0) is 60.5 Å². The molecule has 0 saturated carbocycles. The van der Waals surface area contributed by atoms with Gasteiger partial charge in [0, 0.05) is 0 Å². The molecule has 34 heavy (non-hydrogen) atoms. The highest BCUT2D eigenvalue weighted by Gasteiger charge is 2.36. The van der Waals surface area contributed by atoms with E-state index in [4.69, 9.17) is 9.47 Å². The van der Waals surface area contributed by atoms with E-state index in [1.54, 1.807) is 54.6 Å². The summed E-state index contributed by atoms with van der Waals surface area (Å²) >= 11 is 0. The van der Waals surface area contributed by atoms with Crippen LogP contribution in [0.5, 0.6) is 11.5 Å². The molecule has 1 aliphatic heterocycles. The van der Waals surface area contributed by atoms with Crippen LogP contribution in [-0.4, -0.2) is 25.0 Å². The zero-order valence-electron chi connectivity index (χ0n) is 18.5. The lowest BCUT2D eigenvalue weighted by Crippen LogP contribution is -2.54. The number of aryl methyl sites for hydroxylation is 1. The molecule has 1 heterocycles. The summed E-state index contributed by atoms with van der Waals surface area (Å²) in [6, 6.07) is 16.8. The molecule has 1 fully saturated rings. The fourth-order valence-corrected chi connectivity index (χ4v) is 3.39. The van der Waals surface area contributed by atoms with Crippen molar-refractivity contribution in [2.45, 2.75) is 13.5 Å². The van der Waals surface area contributed by atoms with Crippen molar-refractivity contribution in [1.29, 1.82) is 0 Å². The lowest BCUT2D eigenvalue weighted by atomic mass is 10.1. The van der Waals surface area contributed by atoms with E-state index in [1.807, 2.05) is 6.92 Å². The second-order valence-corrected chi connectivity index (χ2v) is 7.62. The molecule has 0 spiro atoms. The van der Waals surface area contributed by atoms with Crippen LogP contribution in [0.1, 0.15) is 16.7 Å². The van der Waals surface area contributed by atoms with Crippen molar-refractivity contribution in [2.75, 3.05) is 12.0 Å². The summed E-state index contributed by atoms with van der Waals surface area (Å²) in [4.78, 5) is 38.7. The first-order chi connectivity index (χ1) is 16.4. The minimum Gasteiger partial charge on any atom is -0.493 e. The van der Waals surface area contributed by atoms with E-state index in [0.717, 1.165) is 16.0 Å². The van der Waals surface area contributed by atoms with Gasteiger partial charge in [0.15, 0.2) is 11.5 Å². The number of urea groups is 1. The highest BCUT2D eigenvalue weighted by Crippen LogP contribution is 2.30. The van der Waals surface area contributed by atoms with Crippen LogP contribution in [0.15, 0.2) is 72.3 Å². The van der Waals surface area contributed by atoms with E-state index in [9.17, 15) is 18.8 Å². The number of barbiturate groups is 1. The summed E-state index contributed by atoms with van der Waals surface area (Å²) in [5.41, 5.74) is 2.41. The molecule has 1 N–H and O–H groups in total. The molecule has 172 valence electrons. The van der Waals surface area contributed by atoms with Gasteiger partial charge in [-0.1, -0.05) is 35.9 Å². The molecule has 1 saturated heterocycles. The average Bonchev–Trinajstić information content (AvgIpc) is 2.83. The molecule has 4 amide bonds.